The van der Waals surface area contributed by atoms with E-state index in [9.17, 15) is 0 Å². The van der Waals surface area contributed by atoms with Crippen LogP contribution in [-0.4, -0.2) is 35.8 Å². The summed E-state index contributed by atoms with van der Waals surface area (Å²) in [6, 6.07) is 0.827. The zero-order valence-electron chi connectivity index (χ0n) is 7.61. The van der Waals surface area contributed by atoms with E-state index in [-0.39, 0.29) is 0 Å². The van der Waals surface area contributed by atoms with Crippen molar-refractivity contribution in [2.45, 2.75) is 31.3 Å². The smallest absolute Gasteiger partial charge is 0.0413 e. The molecule has 0 aromatic rings. The highest BCUT2D eigenvalue weighted by atomic mass is 15.8. The fraction of sp³-hybridized carbons (Fsp3) is 1.00. The number of fused-ring (bicyclic) bond motifs is 2. The van der Waals surface area contributed by atoms with E-state index < -0.39 is 0 Å². The minimum Gasteiger partial charge on any atom is -0.326 e. The van der Waals surface area contributed by atoms with Crippen molar-refractivity contribution >= 4 is 0 Å². The van der Waals surface area contributed by atoms with Crippen LogP contribution in [0.15, 0.2) is 0 Å². The topological polar surface area (TPSA) is 58.5 Å². The maximum Gasteiger partial charge on any atom is 0.0413 e. The standard InChI is InChI=1S/C8H18N4/c1-11(10)12-5-6-2-3-7(9)8(12)4-6/h6-8H,2-5,9-10H2,1H3. The van der Waals surface area contributed by atoms with Crippen LogP contribution in [0.3, 0.4) is 0 Å². The van der Waals surface area contributed by atoms with Crippen LogP contribution >= 0.6 is 0 Å². The first kappa shape index (κ1) is 8.44. The maximum atomic E-state index is 6.02. The van der Waals surface area contributed by atoms with Crippen LogP contribution in [0.25, 0.3) is 0 Å². The molecule has 2 rings (SSSR count). The molecule has 0 aromatic heterocycles. The van der Waals surface area contributed by atoms with Crippen LogP contribution in [-0.2, 0) is 0 Å². The molecule has 4 nitrogen and oxygen atoms in total. The van der Waals surface area contributed by atoms with Crippen LogP contribution < -0.4 is 11.6 Å². The number of nitrogens with zero attached hydrogens (tertiary/aromatic N) is 2. The molecule has 2 bridgehead atoms. The van der Waals surface area contributed by atoms with Gasteiger partial charge in [0.2, 0.25) is 0 Å². The third kappa shape index (κ3) is 1.25. The quantitative estimate of drug-likeness (QED) is 0.412. The summed E-state index contributed by atoms with van der Waals surface area (Å²) in [7, 11) is 1.90. The van der Waals surface area contributed by atoms with Gasteiger partial charge in [-0.2, -0.15) is 5.12 Å². The van der Waals surface area contributed by atoms with E-state index in [2.05, 4.69) is 5.01 Å². The minimum absolute atomic E-state index is 0.328. The summed E-state index contributed by atoms with van der Waals surface area (Å²) in [6.07, 6.45) is 3.68. The predicted molar refractivity (Wildman–Crippen MR) is 47.8 cm³/mol. The van der Waals surface area contributed by atoms with Gasteiger partial charge in [0.05, 0.1) is 0 Å². The monoisotopic (exact) mass is 170 g/mol. The van der Waals surface area contributed by atoms with Gasteiger partial charge in [0.15, 0.2) is 0 Å². The van der Waals surface area contributed by atoms with Crippen molar-refractivity contribution in [1.29, 1.82) is 0 Å². The molecule has 0 radical (unpaired) electrons. The fourth-order valence-electron chi connectivity index (χ4n) is 2.53. The van der Waals surface area contributed by atoms with Gasteiger partial charge in [0.25, 0.3) is 0 Å². The Morgan fingerprint density at radius 1 is 1.42 bits per heavy atom. The van der Waals surface area contributed by atoms with Crippen molar-refractivity contribution in [2.75, 3.05) is 13.6 Å². The van der Waals surface area contributed by atoms with E-state index >= 15 is 0 Å². The zero-order valence-corrected chi connectivity index (χ0v) is 7.61. The second-order valence-corrected chi connectivity index (χ2v) is 4.11. The largest absolute Gasteiger partial charge is 0.326 e. The average molecular weight is 170 g/mol. The van der Waals surface area contributed by atoms with Crippen molar-refractivity contribution in [3.8, 4) is 0 Å². The number of rotatable bonds is 1. The molecule has 70 valence electrons. The van der Waals surface area contributed by atoms with E-state index in [4.69, 9.17) is 11.6 Å². The lowest BCUT2D eigenvalue weighted by Gasteiger charge is -2.33. The molecule has 2 fully saturated rings. The Morgan fingerprint density at radius 3 is 2.83 bits per heavy atom. The molecule has 0 aromatic carbocycles. The molecular formula is C8H18N4. The molecule has 3 unspecified atom stereocenters. The van der Waals surface area contributed by atoms with Crippen LogP contribution in [0.5, 0.6) is 0 Å². The highest BCUT2D eigenvalue weighted by molar-refractivity contribution is 4.94. The van der Waals surface area contributed by atoms with Gasteiger partial charge in [-0.3, -0.25) is 5.84 Å². The summed E-state index contributed by atoms with van der Waals surface area (Å²) in [5, 5.41) is 3.91. The number of hydrogen-bond acceptors (Lipinski definition) is 4. The van der Waals surface area contributed by atoms with Gasteiger partial charge in [-0.05, 0) is 25.2 Å². The molecule has 2 aliphatic rings. The molecule has 12 heavy (non-hydrogen) atoms. The van der Waals surface area contributed by atoms with E-state index in [1.165, 1.54) is 19.3 Å². The Labute approximate surface area is 73.4 Å². The fourth-order valence-corrected chi connectivity index (χ4v) is 2.53. The van der Waals surface area contributed by atoms with Crippen molar-refractivity contribution < 1.29 is 0 Å². The summed E-state index contributed by atoms with van der Waals surface area (Å²) >= 11 is 0. The van der Waals surface area contributed by atoms with E-state index in [1.807, 2.05) is 7.05 Å². The molecule has 1 heterocycles. The molecular weight excluding hydrogens is 152 g/mol. The van der Waals surface area contributed by atoms with Gasteiger partial charge in [0, 0.05) is 25.7 Å². The van der Waals surface area contributed by atoms with Crippen LogP contribution in [0, 0.1) is 5.92 Å². The van der Waals surface area contributed by atoms with E-state index in [0.717, 1.165) is 12.5 Å². The minimum atomic E-state index is 0.328. The van der Waals surface area contributed by atoms with Crippen molar-refractivity contribution in [1.82, 2.24) is 10.1 Å². The van der Waals surface area contributed by atoms with Crippen molar-refractivity contribution in [2.24, 2.45) is 17.5 Å². The third-order valence-corrected chi connectivity index (χ3v) is 3.21. The van der Waals surface area contributed by atoms with Crippen LogP contribution in [0.4, 0.5) is 0 Å². The van der Waals surface area contributed by atoms with Gasteiger partial charge in [-0.15, -0.1) is 0 Å². The Bertz CT molecular complexity index is 170. The van der Waals surface area contributed by atoms with Gasteiger partial charge in [-0.25, -0.2) is 5.01 Å². The van der Waals surface area contributed by atoms with Gasteiger partial charge in [-0.1, -0.05) is 0 Å². The number of hydrogen-bond donors (Lipinski definition) is 2. The highest BCUT2D eigenvalue weighted by Crippen LogP contribution is 2.34. The third-order valence-electron chi connectivity index (χ3n) is 3.21. The molecule has 0 spiro atoms. The summed E-state index contributed by atoms with van der Waals surface area (Å²) in [4.78, 5) is 0. The predicted octanol–water partition coefficient (Wildman–Crippen LogP) is -0.481. The van der Waals surface area contributed by atoms with Crippen LogP contribution in [0.1, 0.15) is 19.3 Å². The first-order chi connectivity index (χ1) is 5.68. The van der Waals surface area contributed by atoms with E-state index in [0.29, 0.717) is 12.1 Å². The number of hydrazine groups is 2. The van der Waals surface area contributed by atoms with Crippen molar-refractivity contribution in [3.05, 3.63) is 0 Å². The van der Waals surface area contributed by atoms with Crippen LogP contribution in [0.2, 0.25) is 0 Å². The number of nitrogens with two attached hydrogens (primary N) is 2. The van der Waals surface area contributed by atoms with Gasteiger partial charge < -0.3 is 5.73 Å². The molecule has 1 saturated carbocycles. The SMILES string of the molecule is CN(N)N1CC2CCC(N)C1C2. The van der Waals surface area contributed by atoms with E-state index in [1.54, 1.807) is 5.12 Å². The van der Waals surface area contributed by atoms with Gasteiger partial charge >= 0.3 is 0 Å². The Morgan fingerprint density at radius 2 is 2.17 bits per heavy atom. The molecule has 4 heteroatoms. The summed E-state index contributed by atoms with van der Waals surface area (Å²) in [5.41, 5.74) is 6.02. The maximum absolute atomic E-state index is 6.02. The zero-order chi connectivity index (χ0) is 8.72. The summed E-state index contributed by atoms with van der Waals surface area (Å²) < 4.78 is 0. The normalized spacial score (nSPS) is 42.5. The first-order valence-corrected chi connectivity index (χ1v) is 4.69. The summed E-state index contributed by atoms with van der Waals surface area (Å²) in [5.74, 6) is 6.55. The molecule has 1 aliphatic carbocycles. The lowest BCUT2D eigenvalue weighted by Crippen LogP contribution is -2.53. The second-order valence-electron chi connectivity index (χ2n) is 4.11. The second kappa shape index (κ2) is 2.96. The summed E-state index contributed by atoms with van der Waals surface area (Å²) in [6.45, 7) is 1.10. The lowest BCUT2D eigenvalue weighted by molar-refractivity contribution is -0.0202. The molecule has 1 aliphatic heterocycles. The molecule has 1 saturated heterocycles. The Hall–Kier alpha value is -0.160. The Balaban J connectivity index is 2.09. The van der Waals surface area contributed by atoms with Gasteiger partial charge in [0.1, 0.15) is 0 Å². The molecule has 0 amide bonds. The highest BCUT2D eigenvalue weighted by Gasteiger charge is 2.40. The molecule has 3 atom stereocenters. The Kier molecular flexibility index (Phi) is 2.08. The lowest BCUT2D eigenvalue weighted by atomic mass is 9.87. The van der Waals surface area contributed by atoms with Crippen molar-refractivity contribution in [3.63, 3.8) is 0 Å². The average Bonchev–Trinajstić information content (AvgIpc) is 2.37. The molecule has 4 N–H and O–H groups in total. The first-order valence-electron chi connectivity index (χ1n) is 4.69.